The molecule has 0 fully saturated rings. The number of hydrogen-bond acceptors (Lipinski definition) is 6. The summed E-state index contributed by atoms with van der Waals surface area (Å²) in [6, 6.07) is 10.9. The van der Waals surface area contributed by atoms with Crippen molar-refractivity contribution in [1.29, 1.82) is 0 Å². The van der Waals surface area contributed by atoms with E-state index in [0.717, 1.165) is 30.5 Å². The molecule has 152 valence electrons. The van der Waals surface area contributed by atoms with Crippen molar-refractivity contribution in [3.63, 3.8) is 0 Å². The summed E-state index contributed by atoms with van der Waals surface area (Å²) in [6.45, 7) is 2.56. The van der Waals surface area contributed by atoms with Crippen molar-refractivity contribution >= 4 is 15.8 Å². The van der Waals surface area contributed by atoms with Gasteiger partial charge in [-0.3, -0.25) is 0 Å². The number of anilines is 1. The van der Waals surface area contributed by atoms with Crippen LogP contribution in [-0.4, -0.2) is 41.5 Å². The number of benzene rings is 1. The van der Waals surface area contributed by atoms with Crippen LogP contribution in [0.2, 0.25) is 0 Å². The van der Waals surface area contributed by atoms with E-state index >= 15 is 0 Å². The number of rotatable bonds is 7. The third-order valence-corrected chi connectivity index (χ3v) is 6.42. The van der Waals surface area contributed by atoms with Gasteiger partial charge >= 0.3 is 0 Å². The average molecular weight is 413 g/mol. The predicted octanol–water partition coefficient (Wildman–Crippen LogP) is 2.24. The quantitative estimate of drug-likeness (QED) is 0.577. The van der Waals surface area contributed by atoms with Crippen molar-refractivity contribution < 1.29 is 8.42 Å². The highest BCUT2D eigenvalue weighted by atomic mass is 32.2. The van der Waals surface area contributed by atoms with Gasteiger partial charge in [0, 0.05) is 19.3 Å². The van der Waals surface area contributed by atoms with Crippen LogP contribution in [0.5, 0.6) is 0 Å². The Morgan fingerprint density at radius 2 is 1.83 bits per heavy atom. The molecule has 0 saturated heterocycles. The molecule has 0 bridgehead atoms. The van der Waals surface area contributed by atoms with Gasteiger partial charge in [0.05, 0.1) is 10.6 Å². The molecule has 0 saturated carbocycles. The second-order valence-electron chi connectivity index (χ2n) is 7.14. The summed E-state index contributed by atoms with van der Waals surface area (Å²) in [5.41, 5.74) is 3.32. The van der Waals surface area contributed by atoms with E-state index in [2.05, 4.69) is 25.3 Å². The van der Waals surface area contributed by atoms with Crippen LogP contribution in [0.4, 0.5) is 5.82 Å². The van der Waals surface area contributed by atoms with Crippen LogP contribution in [0.1, 0.15) is 29.7 Å². The van der Waals surface area contributed by atoms with Crippen LogP contribution in [0.15, 0.2) is 47.5 Å². The van der Waals surface area contributed by atoms with Gasteiger partial charge in [-0.1, -0.05) is 6.07 Å². The summed E-state index contributed by atoms with van der Waals surface area (Å²) >= 11 is 0. The van der Waals surface area contributed by atoms with Crippen molar-refractivity contribution in [2.75, 3.05) is 18.4 Å². The number of aryl methyl sites for hydroxylation is 3. The standard InChI is InChI=1S/C20H24N6O2S/c1-15-10-13-26(25-15)20-9-8-19(23-24-20)21-11-12-22-29(27,28)18-7-6-16-4-2-3-5-17(16)14-18/h6-10,13-14,22H,2-5,11-12H2,1H3,(H,21,23). The van der Waals surface area contributed by atoms with E-state index in [1.807, 2.05) is 31.3 Å². The lowest BCUT2D eigenvalue weighted by Crippen LogP contribution is -2.29. The molecule has 9 heteroatoms. The third-order valence-electron chi connectivity index (χ3n) is 4.96. The lowest BCUT2D eigenvalue weighted by Gasteiger charge is -2.16. The van der Waals surface area contributed by atoms with Crippen LogP contribution in [0.3, 0.4) is 0 Å². The maximum absolute atomic E-state index is 12.6. The first-order valence-electron chi connectivity index (χ1n) is 9.73. The molecular formula is C20H24N6O2S. The zero-order valence-corrected chi connectivity index (χ0v) is 17.1. The summed E-state index contributed by atoms with van der Waals surface area (Å²) in [5.74, 6) is 1.20. The van der Waals surface area contributed by atoms with Crippen molar-refractivity contribution in [3.8, 4) is 5.82 Å². The fourth-order valence-electron chi connectivity index (χ4n) is 3.42. The first-order valence-corrected chi connectivity index (χ1v) is 11.2. The highest BCUT2D eigenvalue weighted by Gasteiger charge is 2.17. The second-order valence-corrected chi connectivity index (χ2v) is 8.91. The van der Waals surface area contributed by atoms with E-state index in [1.54, 1.807) is 22.9 Å². The zero-order valence-electron chi connectivity index (χ0n) is 16.3. The Morgan fingerprint density at radius 3 is 2.55 bits per heavy atom. The minimum Gasteiger partial charge on any atom is -0.367 e. The van der Waals surface area contributed by atoms with Crippen molar-refractivity contribution in [3.05, 3.63) is 59.4 Å². The van der Waals surface area contributed by atoms with Crippen molar-refractivity contribution in [1.82, 2.24) is 24.7 Å². The normalized spacial score (nSPS) is 13.8. The molecule has 2 aromatic heterocycles. The Balaban J connectivity index is 1.30. The summed E-state index contributed by atoms with van der Waals surface area (Å²) in [6.07, 6.45) is 6.10. The van der Waals surface area contributed by atoms with Crippen molar-refractivity contribution in [2.45, 2.75) is 37.5 Å². The number of nitrogens with one attached hydrogen (secondary N) is 2. The number of nitrogens with zero attached hydrogens (tertiary/aromatic N) is 4. The minimum absolute atomic E-state index is 0.251. The fraction of sp³-hybridized carbons (Fsp3) is 0.350. The molecule has 4 rings (SSSR count). The number of sulfonamides is 1. The van der Waals surface area contributed by atoms with Crippen LogP contribution in [0.25, 0.3) is 5.82 Å². The van der Waals surface area contributed by atoms with Crippen LogP contribution < -0.4 is 10.0 Å². The Hall–Kier alpha value is -2.78. The second kappa shape index (κ2) is 8.30. The molecule has 0 aliphatic heterocycles. The highest BCUT2D eigenvalue weighted by molar-refractivity contribution is 7.89. The lowest BCUT2D eigenvalue weighted by atomic mass is 9.92. The molecule has 2 heterocycles. The molecule has 8 nitrogen and oxygen atoms in total. The van der Waals surface area contributed by atoms with Gasteiger partial charge in [-0.15, -0.1) is 10.2 Å². The van der Waals surface area contributed by atoms with Crippen molar-refractivity contribution in [2.24, 2.45) is 0 Å². The number of hydrogen-bond donors (Lipinski definition) is 2. The Bertz CT molecular complexity index is 1090. The monoisotopic (exact) mass is 412 g/mol. The molecule has 0 unspecified atom stereocenters. The molecular weight excluding hydrogens is 388 g/mol. The summed E-state index contributed by atoms with van der Waals surface area (Å²) in [4.78, 5) is 0.330. The maximum Gasteiger partial charge on any atom is 0.240 e. The summed E-state index contributed by atoms with van der Waals surface area (Å²) in [5, 5.41) is 15.6. The van der Waals surface area contributed by atoms with Crippen LogP contribution in [0, 0.1) is 6.92 Å². The van der Waals surface area contributed by atoms with Gasteiger partial charge in [-0.25, -0.2) is 17.8 Å². The van der Waals surface area contributed by atoms with Gasteiger partial charge in [-0.05, 0) is 74.1 Å². The van der Waals surface area contributed by atoms with Gasteiger partial charge < -0.3 is 5.32 Å². The van der Waals surface area contributed by atoms with Gasteiger partial charge in [0.15, 0.2) is 5.82 Å². The molecule has 0 radical (unpaired) electrons. The molecule has 1 aromatic carbocycles. The van der Waals surface area contributed by atoms with Crippen LogP contribution in [-0.2, 0) is 22.9 Å². The fourth-order valence-corrected chi connectivity index (χ4v) is 4.50. The van der Waals surface area contributed by atoms with Gasteiger partial charge in [-0.2, -0.15) is 5.10 Å². The Kier molecular flexibility index (Phi) is 5.59. The van der Waals surface area contributed by atoms with E-state index in [-0.39, 0.29) is 6.54 Å². The van der Waals surface area contributed by atoms with Gasteiger partial charge in [0.25, 0.3) is 0 Å². The predicted molar refractivity (Wildman–Crippen MR) is 111 cm³/mol. The number of fused-ring (bicyclic) bond motifs is 1. The molecule has 2 N–H and O–H groups in total. The van der Waals surface area contributed by atoms with E-state index in [4.69, 9.17) is 0 Å². The van der Waals surface area contributed by atoms with E-state index in [1.165, 1.54) is 12.0 Å². The number of aromatic nitrogens is 4. The zero-order chi connectivity index (χ0) is 20.3. The van der Waals surface area contributed by atoms with Crippen LogP contribution >= 0.6 is 0 Å². The Labute approximate surface area is 170 Å². The molecule has 29 heavy (non-hydrogen) atoms. The highest BCUT2D eigenvalue weighted by Crippen LogP contribution is 2.24. The molecule has 0 atom stereocenters. The van der Waals surface area contributed by atoms with E-state index < -0.39 is 10.0 Å². The smallest absolute Gasteiger partial charge is 0.240 e. The molecule has 0 spiro atoms. The Morgan fingerprint density at radius 1 is 1.00 bits per heavy atom. The molecule has 3 aromatic rings. The molecule has 1 aliphatic carbocycles. The van der Waals surface area contributed by atoms with Gasteiger partial charge in [0.1, 0.15) is 5.82 Å². The lowest BCUT2D eigenvalue weighted by molar-refractivity contribution is 0.582. The van der Waals surface area contributed by atoms with E-state index in [0.29, 0.717) is 23.1 Å². The largest absolute Gasteiger partial charge is 0.367 e. The van der Waals surface area contributed by atoms with Gasteiger partial charge in [0.2, 0.25) is 10.0 Å². The first kappa shape index (κ1) is 19.5. The third kappa shape index (κ3) is 4.63. The summed E-state index contributed by atoms with van der Waals surface area (Å²) in [7, 11) is -3.53. The maximum atomic E-state index is 12.6. The molecule has 1 aliphatic rings. The van der Waals surface area contributed by atoms with E-state index in [9.17, 15) is 8.42 Å². The minimum atomic E-state index is -3.53. The molecule has 0 amide bonds. The average Bonchev–Trinajstić information content (AvgIpc) is 3.17. The SMILES string of the molecule is Cc1ccn(-c2ccc(NCCNS(=O)(=O)c3ccc4c(c3)CCCC4)nn2)n1. The first-order chi connectivity index (χ1) is 14.0. The summed E-state index contributed by atoms with van der Waals surface area (Å²) < 4.78 is 29.4. The topological polar surface area (TPSA) is 102 Å².